The van der Waals surface area contributed by atoms with Crippen LogP contribution in [0.2, 0.25) is 0 Å². The highest BCUT2D eigenvalue weighted by molar-refractivity contribution is 5.94. The van der Waals surface area contributed by atoms with E-state index in [1.165, 1.54) is 54.9 Å². The zero-order valence-electron chi connectivity index (χ0n) is 30.5. The fraction of sp³-hybridized carbons (Fsp3) is 0.213. The van der Waals surface area contributed by atoms with Crippen LogP contribution in [0.4, 0.5) is 0 Å². The second-order valence-corrected chi connectivity index (χ2v) is 15.5. The van der Waals surface area contributed by atoms with Crippen LogP contribution in [-0.2, 0) is 10.8 Å². The van der Waals surface area contributed by atoms with Crippen LogP contribution >= 0.6 is 0 Å². The first kappa shape index (κ1) is 33.1. The van der Waals surface area contributed by atoms with Crippen LogP contribution < -0.4 is 0 Å². The van der Waals surface area contributed by atoms with E-state index in [0.717, 1.165) is 33.9 Å². The van der Waals surface area contributed by atoms with E-state index in [2.05, 4.69) is 144 Å². The summed E-state index contributed by atoms with van der Waals surface area (Å²) in [6.07, 6.45) is 3.62. The molecule has 248 valence electrons. The Kier molecular flexibility index (Phi) is 8.48. The molecule has 0 aliphatic heterocycles. The highest BCUT2D eigenvalue weighted by Crippen LogP contribution is 2.37. The fourth-order valence-electron chi connectivity index (χ4n) is 6.62. The molecule has 0 spiro atoms. The highest BCUT2D eigenvalue weighted by atomic mass is 14.8. The molecule has 4 aromatic carbocycles. The van der Waals surface area contributed by atoms with Crippen LogP contribution in [0.15, 0.2) is 128 Å². The van der Waals surface area contributed by atoms with Gasteiger partial charge in [-0.15, -0.1) is 0 Å². The van der Waals surface area contributed by atoms with Gasteiger partial charge in [-0.2, -0.15) is 0 Å². The average Bonchev–Trinajstić information content (AvgIpc) is 3.10. The SMILES string of the molecule is Cc1c2ccc3cc(C(C)(C)C)cc(c(-c4ccc(-c5cc(-c6ccccn6)nc(-c6ccccn6)c5)cc4)cc1cc(C(C)(C)C)c2)c3C. The van der Waals surface area contributed by atoms with Crippen LogP contribution in [0.5, 0.6) is 0 Å². The molecule has 0 N–H and O–H groups in total. The maximum absolute atomic E-state index is 4.98. The first-order chi connectivity index (χ1) is 23.8. The zero-order chi connectivity index (χ0) is 35.2. The molecule has 0 amide bonds. The molecular formula is C47H45N3. The van der Waals surface area contributed by atoms with Gasteiger partial charge in [0.25, 0.3) is 0 Å². The largest absolute Gasteiger partial charge is 0.255 e. The lowest BCUT2D eigenvalue weighted by Gasteiger charge is -2.22. The van der Waals surface area contributed by atoms with E-state index >= 15 is 0 Å². The average molecular weight is 652 g/mol. The Hall–Kier alpha value is -5.41. The Balaban J connectivity index is 1.47. The molecule has 0 aliphatic rings. The molecular weight excluding hydrogens is 607 g/mol. The number of rotatable bonds is 4. The summed E-state index contributed by atoms with van der Waals surface area (Å²) in [5.41, 5.74) is 13.2. The summed E-state index contributed by atoms with van der Waals surface area (Å²) in [4.78, 5) is 14.2. The number of pyridine rings is 3. The van der Waals surface area contributed by atoms with Crippen LogP contribution in [0.1, 0.15) is 63.8 Å². The van der Waals surface area contributed by atoms with Gasteiger partial charge in [0.05, 0.1) is 22.8 Å². The van der Waals surface area contributed by atoms with Crippen molar-refractivity contribution < 1.29 is 0 Å². The molecule has 0 atom stereocenters. The van der Waals surface area contributed by atoms with Crippen molar-refractivity contribution in [3.05, 3.63) is 150 Å². The summed E-state index contributed by atoms with van der Waals surface area (Å²) in [5, 5.41) is 5.06. The first-order valence-electron chi connectivity index (χ1n) is 17.5. The van der Waals surface area contributed by atoms with E-state index in [1.807, 2.05) is 48.8 Å². The van der Waals surface area contributed by atoms with Crippen LogP contribution in [0, 0.1) is 13.8 Å². The number of aromatic nitrogens is 3. The summed E-state index contributed by atoms with van der Waals surface area (Å²) in [5.74, 6) is 0. The number of hydrogen-bond acceptors (Lipinski definition) is 3. The van der Waals surface area contributed by atoms with Crippen molar-refractivity contribution in [1.29, 1.82) is 0 Å². The second-order valence-electron chi connectivity index (χ2n) is 15.5. The molecule has 3 heterocycles. The molecule has 3 heteroatoms. The lowest BCUT2D eigenvalue weighted by molar-refractivity contribution is 0.591. The molecule has 0 radical (unpaired) electrons. The van der Waals surface area contributed by atoms with Crippen LogP contribution in [0.25, 0.3) is 66.6 Å². The maximum Gasteiger partial charge on any atom is 0.0900 e. The van der Waals surface area contributed by atoms with Gasteiger partial charge in [0.1, 0.15) is 0 Å². The molecule has 3 aromatic heterocycles. The van der Waals surface area contributed by atoms with Crippen molar-refractivity contribution in [2.75, 3.05) is 0 Å². The predicted octanol–water partition coefficient (Wildman–Crippen LogP) is 12.6. The quantitative estimate of drug-likeness (QED) is 0.190. The normalized spacial score (nSPS) is 12.0. The Morgan fingerprint density at radius 3 is 1.44 bits per heavy atom. The topological polar surface area (TPSA) is 38.7 Å². The number of fused-ring (bicyclic) bond motifs is 4. The summed E-state index contributed by atoms with van der Waals surface area (Å²) >= 11 is 0. The van der Waals surface area contributed by atoms with Gasteiger partial charge in [0.15, 0.2) is 0 Å². The summed E-state index contributed by atoms with van der Waals surface area (Å²) in [6, 6.07) is 41.8. The number of aryl methyl sites for hydroxylation is 2. The van der Waals surface area contributed by atoms with Crippen molar-refractivity contribution in [1.82, 2.24) is 15.0 Å². The molecule has 50 heavy (non-hydrogen) atoms. The Morgan fingerprint density at radius 2 is 0.920 bits per heavy atom. The molecule has 4 bridgehead atoms. The summed E-state index contributed by atoms with van der Waals surface area (Å²) in [7, 11) is 0. The smallest absolute Gasteiger partial charge is 0.0900 e. The van der Waals surface area contributed by atoms with E-state index in [0.29, 0.717) is 0 Å². The molecule has 0 saturated heterocycles. The number of benzene rings is 3. The molecule has 7 aromatic rings. The first-order valence-corrected chi connectivity index (χ1v) is 17.5. The Labute approximate surface area is 296 Å². The zero-order valence-corrected chi connectivity index (χ0v) is 30.5. The van der Waals surface area contributed by atoms with Gasteiger partial charge in [-0.05, 0) is 133 Å². The third-order valence-electron chi connectivity index (χ3n) is 9.91. The van der Waals surface area contributed by atoms with Crippen molar-refractivity contribution in [3.63, 3.8) is 0 Å². The molecule has 0 aliphatic carbocycles. The van der Waals surface area contributed by atoms with E-state index in [9.17, 15) is 0 Å². The second kappa shape index (κ2) is 12.8. The van der Waals surface area contributed by atoms with E-state index < -0.39 is 0 Å². The van der Waals surface area contributed by atoms with Gasteiger partial charge < -0.3 is 0 Å². The van der Waals surface area contributed by atoms with Gasteiger partial charge in [0, 0.05) is 12.4 Å². The summed E-state index contributed by atoms with van der Waals surface area (Å²) in [6.45, 7) is 18.3. The number of hydrogen-bond donors (Lipinski definition) is 0. The van der Waals surface area contributed by atoms with Gasteiger partial charge in [-0.1, -0.05) is 114 Å². The van der Waals surface area contributed by atoms with Crippen molar-refractivity contribution in [2.24, 2.45) is 0 Å². The maximum atomic E-state index is 4.98. The number of nitrogens with zero attached hydrogens (tertiary/aromatic N) is 3. The standard InChI is InChI=1S/C47H45N3/c1-30-34-19-20-35-24-39(47(6,7)8)29-40(31(35)2)41(26-36(30)25-38(23-34)46(3,4)5)33-17-15-32(16-18-33)37-27-44(42-13-9-11-21-48-42)50-45(28-37)43-14-10-12-22-49-43/h9-29H,1-8H3. The minimum Gasteiger partial charge on any atom is -0.255 e. The lowest BCUT2D eigenvalue weighted by Crippen LogP contribution is -2.11. The molecule has 3 nitrogen and oxygen atoms in total. The Bertz CT molecular complexity index is 2320. The van der Waals surface area contributed by atoms with Gasteiger partial charge in [-0.3, -0.25) is 9.97 Å². The molecule has 7 rings (SSSR count). The minimum atomic E-state index is 0.00569. The van der Waals surface area contributed by atoms with E-state index in [1.54, 1.807) is 0 Å². The van der Waals surface area contributed by atoms with Gasteiger partial charge >= 0.3 is 0 Å². The fourth-order valence-corrected chi connectivity index (χ4v) is 6.62. The third kappa shape index (κ3) is 6.61. The van der Waals surface area contributed by atoms with Gasteiger partial charge in [0.2, 0.25) is 0 Å². The Morgan fingerprint density at radius 1 is 0.420 bits per heavy atom. The molecule has 0 fully saturated rings. The van der Waals surface area contributed by atoms with Crippen LogP contribution in [-0.4, -0.2) is 15.0 Å². The highest BCUT2D eigenvalue weighted by Gasteiger charge is 2.19. The van der Waals surface area contributed by atoms with Crippen molar-refractivity contribution in [3.8, 4) is 45.0 Å². The molecule has 0 saturated carbocycles. The van der Waals surface area contributed by atoms with Gasteiger partial charge in [-0.25, -0.2) is 4.98 Å². The van der Waals surface area contributed by atoms with Crippen molar-refractivity contribution in [2.45, 2.75) is 66.2 Å². The monoisotopic (exact) mass is 651 g/mol. The van der Waals surface area contributed by atoms with E-state index in [-0.39, 0.29) is 10.8 Å². The van der Waals surface area contributed by atoms with Crippen molar-refractivity contribution >= 4 is 21.5 Å². The molecule has 0 unspecified atom stereocenters. The van der Waals surface area contributed by atoms with E-state index in [4.69, 9.17) is 4.98 Å². The minimum absolute atomic E-state index is 0.00569. The van der Waals surface area contributed by atoms with Crippen LogP contribution in [0.3, 0.4) is 0 Å². The predicted molar refractivity (Wildman–Crippen MR) is 212 cm³/mol. The lowest BCUT2D eigenvalue weighted by atomic mass is 9.82. The summed E-state index contributed by atoms with van der Waals surface area (Å²) < 4.78 is 0. The third-order valence-corrected chi connectivity index (χ3v) is 9.91.